The highest BCUT2D eigenvalue weighted by atomic mass is 16.3. The van der Waals surface area contributed by atoms with Crippen molar-refractivity contribution in [1.82, 2.24) is 16.0 Å². The monoisotopic (exact) mass is 349 g/mol. The maximum atomic E-state index is 11.9. The third-order valence-corrected chi connectivity index (χ3v) is 4.63. The molecule has 0 radical (unpaired) electrons. The maximum Gasteiger partial charge on any atom is 0.255 e. The second kappa shape index (κ2) is 10.9. The van der Waals surface area contributed by atoms with Crippen molar-refractivity contribution < 1.29 is 15.0 Å². The van der Waals surface area contributed by atoms with E-state index < -0.39 is 0 Å². The van der Waals surface area contributed by atoms with Gasteiger partial charge in [0.15, 0.2) is 0 Å². The van der Waals surface area contributed by atoms with Crippen LogP contribution in [0.15, 0.2) is 18.2 Å². The van der Waals surface area contributed by atoms with E-state index in [9.17, 15) is 15.0 Å². The summed E-state index contributed by atoms with van der Waals surface area (Å²) >= 11 is 0. The van der Waals surface area contributed by atoms with E-state index in [-0.39, 0.29) is 23.0 Å². The predicted molar refractivity (Wildman–Crippen MR) is 99.1 cm³/mol. The third kappa shape index (κ3) is 7.32. The number of nitrogens with one attached hydrogen (secondary N) is 3. The zero-order valence-electron chi connectivity index (χ0n) is 14.9. The molecule has 1 saturated carbocycles. The van der Waals surface area contributed by atoms with Crippen molar-refractivity contribution in [1.29, 1.82) is 0 Å². The number of carbonyl (C=O) groups excluding carboxylic acids is 1. The Labute approximate surface area is 150 Å². The summed E-state index contributed by atoms with van der Waals surface area (Å²) in [6.07, 6.45) is 8.58. The average molecular weight is 349 g/mol. The first-order chi connectivity index (χ1) is 12.2. The number of carbonyl (C=O) groups is 1. The number of unbranched alkanes of at least 4 members (excludes halogenated alkanes) is 1. The summed E-state index contributed by atoms with van der Waals surface area (Å²) in [7, 11) is 0. The molecule has 0 bridgehead atoms. The van der Waals surface area contributed by atoms with Crippen LogP contribution in [0.2, 0.25) is 0 Å². The number of rotatable bonds is 10. The minimum Gasteiger partial charge on any atom is -0.508 e. The van der Waals surface area contributed by atoms with E-state index in [1.807, 2.05) is 0 Å². The molecule has 5 N–H and O–H groups in total. The predicted octanol–water partition coefficient (Wildman–Crippen LogP) is 2.12. The van der Waals surface area contributed by atoms with E-state index >= 15 is 0 Å². The Hall–Kier alpha value is -1.79. The number of phenolic OH excluding ortho intramolecular Hbond substituents is 2. The first kappa shape index (κ1) is 19.5. The molecule has 1 aromatic carbocycles. The Morgan fingerprint density at radius 1 is 1.00 bits per heavy atom. The fraction of sp³-hybridized carbons (Fsp3) is 0.632. The Morgan fingerprint density at radius 3 is 2.56 bits per heavy atom. The topological polar surface area (TPSA) is 93.6 Å². The lowest BCUT2D eigenvalue weighted by Gasteiger charge is -2.22. The van der Waals surface area contributed by atoms with Crippen LogP contribution in [0.3, 0.4) is 0 Å². The van der Waals surface area contributed by atoms with E-state index in [0.29, 0.717) is 12.6 Å². The van der Waals surface area contributed by atoms with Crippen LogP contribution in [-0.4, -0.2) is 48.3 Å². The minimum atomic E-state index is -0.363. The molecule has 1 amide bonds. The molecule has 0 unspecified atom stereocenters. The van der Waals surface area contributed by atoms with Gasteiger partial charge in [-0.3, -0.25) is 4.79 Å². The van der Waals surface area contributed by atoms with Gasteiger partial charge in [0.05, 0.1) is 5.56 Å². The molecule has 0 aliphatic heterocycles. The summed E-state index contributed by atoms with van der Waals surface area (Å²) in [5, 5.41) is 28.8. The molecule has 140 valence electrons. The molecule has 0 spiro atoms. The molecule has 1 fully saturated rings. The van der Waals surface area contributed by atoms with Crippen molar-refractivity contribution in [2.24, 2.45) is 0 Å². The van der Waals surface area contributed by atoms with Gasteiger partial charge in [0.2, 0.25) is 0 Å². The van der Waals surface area contributed by atoms with Crippen molar-refractivity contribution in [2.75, 3.05) is 26.2 Å². The number of phenols is 2. The van der Waals surface area contributed by atoms with Crippen LogP contribution < -0.4 is 16.0 Å². The van der Waals surface area contributed by atoms with E-state index in [2.05, 4.69) is 16.0 Å². The van der Waals surface area contributed by atoms with Crippen LogP contribution in [0.25, 0.3) is 0 Å². The molecule has 0 heterocycles. The van der Waals surface area contributed by atoms with Gasteiger partial charge in [0.1, 0.15) is 11.5 Å². The lowest BCUT2D eigenvalue weighted by Crippen LogP contribution is -2.36. The van der Waals surface area contributed by atoms with E-state index in [1.165, 1.54) is 50.3 Å². The van der Waals surface area contributed by atoms with E-state index in [1.54, 1.807) is 0 Å². The number of hydrogen-bond donors (Lipinski definition) is 5. The number of benzene rings is 1. The highest BCUT2D eigenvalue weighted by Gasteiger charge is 2.12. The van der Waals surface area contributed by atoms with Gasteiger partial charge in [-0.1, -0.05) is 19.3 Å². The van der Waals surface area contributed by atoms with Gasteiger partial charge in [-0.2, -0.15) is 0 Å². The van der Waals surface area contributed by atoms with Gasteiger partial charge in [0.25, 0.3) is 5.91 Å². The number of hydrogen-bond acceptors (Lipinski definition) is 5. The van der Waals surface area contributed by atoms with Gasteiger partial charge < -0.3 is 26.2 Å². The van der Waals surface area contributed by atoms with Crippen molar-refractivity contribution in [2.45, 2.75) is 51.0 Å². The molecular formula is C19H31N3O3. The fourth-order valence-electron chi connectivity index (χ4n) is 3.17. The van der Waals surface area contributed by atoms with Crippen LogP contribution in [0.5, 0.6) is 11.5 Å². The van der Waals surface area contributed by atoms with Crippen LogP contribution in [0, 0.1) is 0 Å². The lowest BCUT2D eigenvalue weighted by atomic mass is 9.95. The quantitative estimate of drug-likeness (QED) is 0.330. The molecule has 6 heteroatoms. The smallest absolute Gasteiger partial charge is 0.255 e. The second-order valence-corrected chi connectivity index (χ2v) is 6.70. The van der Waals surface area contributed by atoms with Crippen LogP contribution in [0.4, 0.5) is 0 Å². The standard InChI is InChI=1S/C19H31N3O3/c23-16-8-9-18(24)17(14-16)19(25)22-11-5-4-10-20-12-13-21-15-6-2-1-3-7-15/h8-9,14-15,20-21,23-24H,1-7,10-13H2,(H,22,25). The Bertz CT molecular complexity index is 531. The number of amides is 1. The van der Waals surface area contributed by atoms with Crippen molar-refractivity contribution in [3.8, 4) is 11.5 Å². The normalized spacial score (nSPS) is 15.2. The van der Waals surface area contributed by atoms with E-state index in [0.717, 1.165) is 32.5 Å². The molecule has 0 aromatic heterocycles. The first-order valence-electron chi connectivity index (χ1n) is 9.41. The zero-order chi connectivity index (χ0) is 17.9. The molecular weight excluding hydrogens is 318 g/mol. The minimum absolute atomic E-state index is 0.0333. The van der Waals surface area contributed by atoms with Crippen LogP contribution >= 0.6 is 0 Å². The molecule has 1 aliphatic carbocycles. The highest BCUT2D eigenvalue weighted by molar-refractivity contribution is 5.97. The summed E-state index contributed by atoms with van der Waals surface area (Å²) in [6.45, 7) is 3.47. The first-order valence-corrected chi connectivity index (χ1v) is 9.41. The van der Waals surface area contributed by atoms with Gasteiger partial charge in [-0.05, 0) is 50.4 Å². The fourth-order valence-corrected chi connectivity index (χ4v) is 3.17. The zero-order valence-corrected chi connectivity index (χ0v) is 14.9. The van der Waals surface area contributed by atoms with Crippen molar-refractivity contribution in [3.63, 3.8) is 0 Å². The maximum absolute atomic E-state index is 11.9. The summed E-state index contributed by atoms with van der Waals surface area (Å²) in [6, 6.07) is 4.64. The Kier molecular flexibility index (Phi) is 8.55. The molecule has 6 nitrogen and oxygen atoms in total. The average Bonchev–Trinajstić information content (AvgIpc) is 2.63. The highest BCUT2D eigenvalue weighted by Crippen LogP contribution is 2.21. The van der Waals surface area contributed by atoms with Gasteiger partial charge in [-0.25, -0.2) is 0 Å². The lowest BCUT2D eigenvalue weighted by molar-refractivity contribution is 0.0950. The second-order valence-electron chi connectivity index (χ2n) is 6.70. The Balaban J connectivity index is 1.46. The molecule has 1 aromatic rings. The summed E-state index contributed by atoms with van der Waals surface area (Å²) < 4.78 is 0. The van der Waals surface area contributed by atoms with Gasteiger partial charge >= 0.3 is 0 Å². The molecule has 0 atom stereocenters. The molecule has 1 aliphatic rings. The van der Waals surface area contributed by atoms with Crippen LogP contribution in [0.1, 0.15) is 55.3 Å². The van der Waals surface area contributed by atoms with Crippen molar-refractivity contribution >= 4 is 5.91 Å². The molecule has 2 rings (SSSR count). The SMILES string of the molecule is O=C(NCCCCNCCNC1CCCCC1)c1cc(O)ccc1O. The molecule has 0 saturated heterocycles. The summed E-state index contributed by atoms with van der Waals surface area (Å²) in [4.78, 5) is 11.9. The number of aromatic hydroxyl groups is 2. The Morgan fingerprint density at radius 2 is 1.76 bits per heavy atom. The van der Waals surface area contributed by atoms with Crippen molar-refractivity contribution in [3.05, 3.63) is 23.8 Å². The van der Waals surface area contributed by atoms with E-state index in [4.69, 9.17) is 0 Å². The van der Waals surface area contributed by atoms with Gasteiger partial charge in [-0.15, -0.1) is 0 Å². The summed E-state index contributed by atoms with van der Waals surface area (Å²) in [5.74, 6) is -0.519. The molecule has 25 heavy (non-hydrogen) atoms. The summed E-state index contributed by atoms with van der Waals surface area (Å²) in [5.41, 5.74) is 0.104. The van der Waals surface area contributed by atoms with Gasteiger partial charge in [0, 0.05) is 25.7 Å². The largest absolute Gasteiger partial charge is 0.508 e. The van der Waals surface area contributed by atoms with Crippen LogP contribution in [-0.2, 0) is 0 Å². The third-order valence-electron chi connectivity index (χ3n) is 4.63.